The van der Waals surface area contributed by atoms with E-state index in [1.165, 1.54) is 6.07 Å². The predicted octanol–water partition coefficient (Wildman–Crippen LogP) is 5.60. The van der Waals surface area contributed by atoms with Crippen molar-refractivity contribution in [1.29, 1.82) is 0 Å². The number of hydrogen-bond donors (Lipinski definition) is 0. The zero-order valence-electron chi connectivity index (χ0n) is 10.3. The van der Waals surface area contributed by atoms with E-state index >= 15 is 0 Å². The molecule has 0 spiro atoms. The van der Waals surface area contributed by atoms with Crippen molar-refractivity contribution >= 4 is 39.1 Å². The van der Waals surface area contributed by atoms with Gasteiger partial charge < -0.3 is 4.74 Å². The molecule has 0 saturated carbocycles. The summed E-state index contributed by atoms with van der Waals surface area (Å²) >= 11 is 15.6. The molecule has 0 amide bonds. The zero-order chi connectivity index (χ0) is 14.3. The van der Waals surface area contributed by atoms with Crippen molar-refractivity contribution in [1.82, 2.24) is 0 Å². The molecule has 0 aliphatic carbocycles. The summed E-state index contributed by atoms with van der Waals surface area (Å²) in [7, 11) is 0. The molecule has 2 aromatic rings. The molecule has 1 heterocycles. The van der Waals surface area contributed by atoms with Gasteiger partial charge in [0, 0.05) is 10.0 Å². The third-order valence-corrected chi connectivity index (χ3v) is 5.03. The summed E-state index contributed by atoms with van der Waals surface area (Å²) in [5, 5.41) is -0.136. The quantitative estimate of drug-likeness (QED) is 0.490. The molecule has 3 rings (SSSR count). The Morgan fingerprint density at radius 2 is 1.90 bits per heavy atom. The van der Waals surface area contributed by atoms with Crippen molar-refractivity contribution in [2.75, 3.05) is 0 Å². The van der Waals surface area contributed by atoms with E-state index in [9.17, 15) is 4.39 Å². The summed E-state index contributed by atoms with van der Waals surface area (Å²) in [6.07, 6.45) is 0. The highest BCUT2D eigenvalue weighted by Gasteiger charge is 2.20. The summed E-state index contributed by atoms with van der Waals surface area (Å²) in [4.78, 5) is 0. The molecule has 104 valence electrons. The van der Waals surface area contributed by atoms with Crippen LogP contribution in [0.5, 0.6) is 0 Å². The van der Waals surface area contributed by atoms with E-state index in [-0.39, 0.29) is 5.82 Å². The van der Waals surface area contributed by atoms with Crippen molar-refractivity contribution in [3.05, 3.63) is 67.9 Å². The van der Waals surface area contributed by atoms with Gasteiger partial charge in [-0.2, -0.15) is 0 Å². The lowest BCUT2D eigenvalue weighted by Gasteiger charge is -2.13. The van der Waals surface area contributed by atoms with Gasteiger partial charge in [0.2, 0.25) is 0 Å². The van der Waals surface area contributed by atoms with Gasteiger partial charge in [0.25, 0.3) is 0 Å². The Morgan fingerprint density at radius 1 is 1.15 bits per heavy atom. The summed E-state index contributed by atoms with van der Waals surface area (Å²) in [6, 6.07) is 8.74. The average Bonchev–Trinajstić information content (AvgIpc) is 2.89. The fourth-order valence-electron chi connectivity index (χ4n) is 2.26. The molecule has 0 aromatic heterocycles. The van der Waals surface area contributed by atoms with Gasteiger partial charge in [-0.15, -0.1) is 11.6 Å². The molecule has 1 unspecified atom stereocenters. The lowest BCUT2D eigenvalue weighted by Crippen LogP contribution is -1.99. The van der Waals surface area contributed by atoms with Gasteiger partial charge >= 0.3 is 0 Å². The van der Waals surface area contributed by atoms with Crippen LogP contribution in [0.4, 0.5) is 4.39 Å². The Balaban J connectivity index is 2.00. The molecule has 1 nitrogen and oxygen atoms in total. The van der Waals surface area contributed by atoms with Crippen LogP contribution in [0.15, 0.2) is 34.8 Å². The smallest absolute Gasteiger partial charge is 0.129 e. The zero-order valence-corrected chi connectivity index (χ0v) is 13.4. The molecule has 2 aromatic carbocycles. The van der Waals surface area contributed by atoms with E-state index < -0.39 is 5.38 Å². The number of rotatable bonds is 2. The summed E-state index contributed by atoms with van der Waals surface area (Å²) in [6.45, 7) is 1.21. The number of alkyl halides is 1. The van der Waals surface area contributed by atoms with Crippen molar-refractivity contribution < 1.29 is 9.13 Å². The van der Waals surface area contributed by atoms with Crippen LogP contribution >= 0.6 is 39.1 Å². The van der Waals surface area contributed by atoms with E-state index in [1.807, 2.05) is 18.2 Å². The maximum atomic E-state index is 14.0. The molecule has 1 atom stereocenters. The highest BCUT2D eigenvalue weighted by molar-refractivity contribution is 9.10. The lowest BCUT2D eigenvalue weighted by atomic mass is 10.00. The number of benzene rings is 2. The maximum Gasteiger partial charge on any atom is 0.129 e. The minimum atomic E-state index is -0.577. The normalized spacial score (nSPS) is 15.2. The third-order valence-electron chi connectivity index (χ3n) is 3.35. The number of halogens is 4. The van der Waals surface area contributed by atoms with Crippen molar-refractivity contribution in [3.8, 4) is 0 Å². The Bertz CT molecular complexity index is 675. The molecule has 5 heteroatoms. The maximum absolute atomic E-state index is 14.0. The van der Waals surface area contributed by atoms with E-state index in [2.05, 4.69) is 15.9 Å². The van der Waals surface area contributed by atoms with Crippen LogP contribution < -0.4 is 0 Å². The third kappa shape index (κ3) is 2.60. The second-order valence-corrected chi connectivity index (χ2v) is 6.37. The van der Waals surface area contributed by atoms with Gasteiger partial charge in [-0.25, -0.2) is 4.39 Å². The van der Waals surface area contributed by atoms with E-state index in [0.29, 0.717) is 28.3 Å². The largest absolute Gasteiger partial charge is 0.372 e. The summed E-state index contributed by atoms with van der Waals surface area (Å²) < 4.78 is 19.9. The second kappa shape index (κ2) is 5.64. The first-order chi connectivity index (χ1) is 9.56. The lowest BCUT2D eigenvalue weighted by molar-refractivity contribution is 0.134. The van der Waals surface area contributed by atoms with Gasteiger partial charge in [0.15, 0.2) is 0 Å². The van der Waals surface area contributed by atoms with Gasteiger partial charge in [-0.3, -0.25) is 0 Å². The summed E-state index contributed by atoms with van der Waals surface area (Å²) in [5.41, 5.74) is 3.48. The highest BCUT2D eigenvalue weighted by atomic mass is 79.9. The van der Waals surface area contributed by atoms with Crippen molar-refractivity contribution in [2.45, 2.75) is 18.6 Å². The van der Waals surface area contributed by atoms with E-state index in [0.717, 1.165) is 16.7 Å². The summed E-state index contributed by atoms with van der Waals surface area (Å²) in [5.74, 6) is -0.377. The van der Waals surface area contributed by atoms with Crippen LogP contribution in [-0.2, 0) is 18.0 Å². The van der Waals surface area contributed by atoms with E-state index in [1.54, 1.807) is 6.07 Å². The molecule has 1 aliphatic rings. The molecule has 0 radical (unpaired) electrons. The topological polar surface area (TPSA) is 9.23 Å². The molecule has 0 bridgehead atoms. The molecule has 20 heavy (non-hydrogen) atoms. The first kappa shape index (κ1) is 14.3. The first-order valence-electron chi connectivity index (χ1n) is 6.04. The number of hydrogen-bond acceptors (Lipinski definition) is 1. The van der Waals surface area contributed by atoms with Gasteiger partial charge in [-0.1, -0.05) is 29.8 Å². The molecular formula is C15H10BrCl2FO. The second-order valence-electron chi connectivity index (χ2n) is 4.67. The van der Waals surface area contributed by atoms with Crippen LogP contribution in [-0.4, -0.2) is 0 Å². The standard InChI is InChI=1S/C15H10BrCl2FO/c16-12-5-14(19)11(4-13(12)17)15(18)8-1-2-9-6-20-7-10(9)3-8/h1-5,15H,6-7H2. The Kier molecular flexibility index (Phi) is 4.04. The fourth-order valence-corrected chi connectivity index (χ4v) is 3.05. The minimum absolute atomic E-state index is 0.374. The Labute approximate surface area is 134 Å². The molecule has 0 N–H and O–H groups in total. The fraction of sp³-hybridized carbons (Fsp3) is 0.200. The van der Waals surface area contributed by atoms with Gasteiger partial charge in [-0.05, 0) is 44.8 Å². The van der Waals surface area contributed by atoms with Crippen LogP contribution in [0, 0.1) is 5.82 Å². The highest BCUT2D eigenvalue weighted by Crippen LogP contribution is 2.36. The van der Waals surface area contributed by atoms with Gasteiger partial charge in [0.05, 0.1) is 23.6 Å². The average molecular weight is 376 g/mol. The Hall–Kier alpha value is -0.610. The van der Waals surface area contributed by atoms with Gasteiger partial charge in [0.1, 0.15) is 5.82 Å². The van der Waals surface area contributed by atoms with E-state index in [4.69, 9.17) is 27.9 Å². The van der Waals surface area contributed by atoms with Crippen LogP contribution in [0.3, 0.4) is 0 Å². The molecule has 0 saturated heterocycles. The van der Waals surface area contributed by atoms with Crippen molar-refractivity contribution in [2.24, 2.45) is 0 Å². The minimum Gasteiger partial charge on any atom is -0.372 e. The molecule has 0 fully saturated rings. The SMILES string of the molecule is Fc1cc(Br)c(Cl)cc1C(Cl)c1ccc2c(c1)COC2. The van der Waals surface area contributed by atoms with Crippen LogP contribution in [0.2, 0.25) is 5.02 Å². The number of fused-ring (bicyclic) bond motifs is 1. The van der Waals surface area contributed by atoms with Crippen LogP contribution in [0.1, 0.15) is 27.6 Å². The predicted molar refractivity (Wildman–Crippen MR) is 81.7 cm³/mol. The Morgan fingerprint density at radius 3 is 2.70 bits per heavy atom. The molecule has 1 aliphatic heterocycles. The monoisotopic (exact) mass is 374 g/mol. The number of ether oxygens (including phenoxy) is 1. The van der Waals surface area contributed by atoms with Crippen molar-refractivity contribution in [3.63, 3.8) is 0 Å². The van der Waals surface area contributed by atoms with Crippen LogP contribution in [0.25, 0.3) is 0 Å². The first-order valence-corrected chi connectivity index (χ1v) is 7.65. The molecular weight excluding hydrogens is 366 g/mol.